The van der Waals surface area contributed by atoms with Crippen LogP contribution in [0.2, 0.25) is 0 Å². The molecule has 0 atom stereocenters. The molecule has 0 radical (unpaired) electrons. The van der Waals surface area contributed by atoms with E-state index in [-0.39, 0.29) is 0 Å². The van der Waals surface area contributed by atoms with Crippen LogP contribution in [-0.4, -0.2) is 0 Å². The molecule has 1 heterocycles. The van der Waals surface area contributed by atoms with Crippen LogP contribution in [-0.2, 0) is 0 Å². The maximum atomic E-state index is 6.44. The third kappa shape index (κ3) is 3.90. The van der Waals surface area contributed by atoms with E-state index in [4.69, 9.17) is 4.42 Å². The van der Waals surface area contributed by atoms with Crippen LogP contribution in [0.5, 0.6) is 0 Å². The molecule has 0 saturated heterocycles. The summed E-state index contributed by atoms with van der Waals surface area (Å²) in [5.74, 6) is 0. The third-order valence-corrected chi connectivity index (χ3v) is 10.6. The highest BCUT2D eigenvalue weighted by Crippen LogP contribution is 2.44. The number of anilines is 3. The largest absolute Gasteiger partial charge is 0.456 e. The Kier molecular flexibility index (Phi) is 5.70. The number of benzene rings is 10. The van der Waals surface area contributed by atoms with E-state index in [1.54, 1.807) is 0 Å². The molecular weight excluding hydrogens is 607 g/mol. The molecule has 1 aromatic heterocycles. The fourth-order valence-corrected chi connectivity index (χ4v) is 8.37. The van der Waals surface area contributed by atoms with Crippen LogP contribution in [0.25, 0.3) is 86.6 Å². The molecule has 0 aliphatic heterocycles. The van der Waals surface area contributed by atoms with Crippen molar-refractivity contribution in [1.29, 1.82) is 0 Å². The van der Waals surface area contributed by atoms with E-state index in [2.05, 4.69) is 169 Å². The summed E-state index contributed by atoms with van der Waals surface area (Å²) in [6, 6.07) is 63.9. The van der Waals surface area contributed by atoms with Crippen molar-refractivity contribution in [3.05, 3.63) is 176 Å². The number of nitrogens with zero attached hydrogens (tertiary/aromatic N) is 1. The van der Waals surface area contributed by atoms with Crippen LogP contribution in [0.3, 0.4) is 0 Å². The molecule has 11 aromatic rings. The van der Waals surface area contributed by atoms with Crippen LogP contribution in [0, 0.1) is 0 Å². The second kappa shape index (κ2) is 10.4. The van der Waals surface area contributed by atoms with Crippen LogP contribution in [0.1, 0.15) is 0 Å². The number of furan rings is 1. The molecule has 0 amide bonds. The van der Waals surface area contributed by atoms with Crippen molar-refractivity contribution in [1.82, 2.24) is 0 Å². The van der Waals surface area contributed by atoms with Crippen molar-refractivity contribution in [3.63, 3.8) is 0 Å². The Bertz CT molecular complexity index is 2940. The molecule has 0 N–H and O–H groups in total. The smallest absolute Gasteiger partial charge is 0.137 e. The lowest BCUT2D eigenvalue weighted by atomic mass is 9.93. The molecule has 11 rings (SSSR count). The molecule has 0 unspecified atom stereocenters. The first kappa shape index (κ1) is 27.3. The van der Waals surface area contributed by atoms with Crippen LogP contribution in [0.15, 0.2) is 180 Å². The minimum atomic E-state index is 0.878. The molecule has 0 bridgehead atoms. The Labute approximate surface area is 288 Å². The van der Waals surface area contributed by atoms with Crippen molar-refractivity contribution in [2.24, 2.45) is 0 Å². The summed E-state index contributed by atoms with van der Waals surface area (Å²) < 4.78 is 6.44. The second-order valence-corrected chi connectivity index (χ2v) is 13.3. The average molecular weight is 636 g/mol. The molecule has 0 aliphatic rings. The Hall–Kier alpha value is -6.64. The molecule has 10 aromatic carbocycles. The zero-order valence-electron chi connectivity index (χ0n) is 27.1. The second-order valence-electron chi connectivity index (χ2n) is 13.3. The Morgan fingerprint density at radius 1 is 0.240 bits per heavy atom. The maximum absolute atomic E-state index is 6.44. The predicted octanol–water partition coefficient (Wildman–Crippen LogP) is 14.0. The van der Waals surface area contributed by atoms with E-state index in [1.165, 1.54) is 64.6 Å². The first-order chi connectivity index (χ1) is 24.8. The molecule has 0 saturated carbocycles. The van der Waals surface area contributed by atoms with Gasteiger partial charge >= 0.3 is 0 Å². The van der Waals surface area contributed by atoms with E-state index in [0.29, 0.717) is 0 Å². The van der Waals surface area contributed by atoms with Crippen LogP contribution in [0.4, 0.5) is 17.1 Å². The lowest BCUT2D eigenvalue weighted by Gasteiger charge is -2.27. The van der Waals surface area contributed by atoms with E-state index in [0.717, 1.165) is 39.0 Å². The Morgan fingerprint density at radius 3 is 0.980 bits per heavy atom. The highest BCUT2D eigenvalue weighted by atomic mass is 16.3. The highest BCUT2D eigenvalue weighted by Gasteiger charge is 2.19. The molecule has 2 heteroatoms. The van der Waals surface area contributed by atoms with E-state index < -0.39 is 0 Å². The summed E-state index contributed by atoms with van der Waals surface area (Å²) in [5.41, 5.74) is 5.02. The van der Waals surface area contributed by atoms with Gasteiger partial charge in [-0.15, -0.1) is 0 Å². The van der Waals surface area contributed by atoms with Gasteiger partial charge in [-0.3, -0.25) is 0 Å². The number of hydrogen-bond acceptors (Lipinski definition) is 2. The average Bonchev–Trinajstić information content (AvgIpc) is 3.56. The quantitative estimate of drug-likeness (QED) is 0.180. The summed E-state index contributed by atoms with van der Waals surface area (Å²) in [6.45, 7) is 0. The number of fused-ring (bicyclic) bond motifs is 15. The highest BCUT2D eigenvalue weighted by molar-refractivity contribution is 6.27. The first-order valence-electron chi connectivity index (χ1n) is 17.2. The summed E-state index contributed by atoms with van der Waals surface area (Å²) in [5, 5.41) is 17.4. The van der Waals surface area contributed by atoms with Crippen molar-refractivity contribution >= 4 is 104 Å². The summed E-state index contributed by atoms with van der Waals surface area (Å²) in [4.78, 5) is 2.39. The lowest BCUT2D eigenvalue weighted by Crippen LogP contribution is -2.10. The van der Waals surface area contributed by atoms with Gasteiger partial charge in [0.05, 0.1) is 0 Å². The fourth-order valence-electron chi connectivity index (χ4n) is 8.37. The Morgan fingerprint density at radius 2 is 0.540 bits per heavy atom. The maximum Gasteiger partial charge on any atom is 0.137 e. The van der Waals surface area contributed by atoms with Crippen LogP contribution >= 0.6 is 0 Å². The van der Waals surface area contributed by atoms with Crippen LogP contribution < -0.4 is 4.90 Å². The molecule has 232 valence electrons. The van der Waals surface area contributed by atoms with Gasteiger partial charge in [0.2, 0.25) is 0 Å². The van der Waals surface area contributed by atoms with Gasteiger partial charge < -0.3 is 9.32 Å². The number of para-hydroxylation sites is 1. The predicted molar refractivity (Wildman–Crippen MR) is 213 cm³/mol. The molecule has 2 nitrogen and oxygen atoms in total. The van der Waals surface area contributed by atoms with E-state index in [9.17, 15) is 0 Å². The summed E-state index contributed by atoms with van der Waals surface area (Å²) in [7, 11) is 0. The minimum Gasteiger partial charge on any atom is -0.456 e. The van der Waals surface area contributed by atoms with Gasteiger partial charge in [-0.05, 0) is 107 Å². The zero-order valence-corrected chi connectivity index (χ0v) is 27.1. The minimum absolute atomic E-state index is 0.878. The van der Waals surface area contributed by atoms with Gasteiger partial charge in [-0.2, -0.15) is 0 Å². The first-order valence-corrected chi connectivity index (χ1v) is 17.2. The monoisotopic (exact) mass is 635 g/mol. The summed E-state index contributed by atoms with van der Waals surface area (Å²) in [6.07, 6.45) is 0. The van der Waals surface area contributed by atoms with E-state index >= 15 is 0 Å². The fraction of sp³-hybridized carbons (Fsp3) is 0. The normalized spacial score (nSPS) is 12.0. The zero-order chi connectivity index (χ0) is 32.8. The van der Waals surface area contributed by atoms with Gasteiger partial charge in [0.15, 0.2) is 0 Å². The van der Waals surface area contributed by atoms with E-state index in [1.807, 2.05) is 12.1 Å². The standard InChI is InChI=1S/C48H29NO/c1-3-15-37-33(11-1)35-13-5-7-17-39(35)45-27-30(21-24-41(37)45)49(32-23-26-44-43-19-9-10-20-47(43)50-48(44)29-32)31-22-25-42-38-16-4-2-12-34(38)36-14-6-8-18-40(36)46(42)28-31/h1-29H. The summed E-state index contributed by atoms with van der Waals surface area (Å²) >= 11 is 0. The lowest BCUT2D eigenvalue weighted by molar-refractivity contribution is 0.669. The van der Waals surface area contributed by atoms with Gasteiger partial charge in [-0.25, -0.2) is 0 Å². The number of hydrogen-bond donors (Lipinski definition) is 0. The van der Waals surface area contributed by atoms with Gasteiger partial charge in [0.1, 0.15) is 11.2 Å². The molecule has 0 spiro atoms. The van der Waals surface area contributed by atoms with Crippen molar-refractivity contribution in [2.45, 2.75) is 0 Å². The van der Waals surface area contributed by atoms with Crippen molar-refractivity contribution < 1.29 is 4.42 Å². The number of rotatable bonds is 3. The van der Waals surface area contributed by atoms with Gasteiger partial charge in [0.25, 0.3) is 0 Å². The van der Waals surface area contributed by atoms with Gasteiger partial charge in [-0.1, -0.05) is 127 Å². The SMILES string of the molecule is c1ccc2c(c1)oc1cc(N(c3ccc4c5ccccc5c5ccccc5c4c3)c3ccc4c5ccccc5c5ccccc5c4c3)ccc12. The molecular formula is C48H29NO. The molecule has 0 aliphatic carbocycles. The Balaban J connectivity index is 1.22. The topological polar surface area (TPSA) is 16.4 Å². The third-order valence-electron chi connectivity index (χ3n) is 10.6. The van der Waals surface area contributed by atoms with Crippen molar-refractivity contribution in [3.8, 4) is 0 Å². The van der Waals surface area contributed by atoms with Gasteiger partial charge in [0, 0.05) is 33.9 Å². The molecule has 0 fully saturated rings. The van der Waals surface area contributed by atoms with Crippen molar-refractivity contribution in [2.75, 3.05) is 4.90 Å². The molecule has 50 heavy (non-hydrogen) atoms.